The van der Waals surface area contributed by atoms with Crippen LogP contribution in [-0.4, -0.2) is 16.6 Å². The van der Waals surface area contributed by atoms with Gasteiger partial charge >= 0.3 is 0 Å². The maximum absolute atomic E-state index is 11.9. The molecule has 1 aromatic heterocycles. The van der Waals surface area contributed by atoms with Crippen molar-refractivity contribution in [2.24, 2.45) is 11.1 Å². The third kappa shape index (κ3) is 3.56. The molecule has 2 aliphatic rings. The van der Waals surface area contributed by atoms with E-state index in [0.29, 0.717) is 21.6 Å². The normalized spacial score (nSPS) is 28.0. The molecular weight excluding hydrogens is 336 g/mol. The molecule has 1 aromatic carbocycles. The summed E-state index contributed by atoms with van der Waals surface area (Å²) in [6.45, 7) is 2.37. The number of nitrogens with one attached hydrogen (secondary N) is 1. The van der Waals surface area contributed by atoms with Gasteiger partial charge in [-0.2, -0.15) is 0 Å². The number of nitrogens with two attached hydrogens (primary N) is 1. The minimum Gasteiger partial charge on any atom is -0.489 e. The van der Waals surface area contributed by atoms with E-state index < -0.39 is 0 Å². The highest BCUT2D eigenvalue weighted by atomic mass is 35.5. The Balaban J connectivity index is 1.45. The van der Waals surface area contributed by atoms with Gasteiger partial charge in [0.2, 0.25) is 0 Å². The van der Waals surface area contributed by atoms with Gasteiger partial charge in [0.25, 0.3) is 5.56 Å². The number of halogens is 1. The molecule has 0 amide bonds. The van der Waals surface area contributed by atoms with Crippen LogP contribution in [0, 0.1) is 5.41 Å². The number of hydrogen-bond donors (Lipinski definition) is 2. The van der Waals surface area contributed by atoms with Crippen LogP contribution in [0.3, 0.4) is 0 Å². The van der Waals surface area contributed by atoms with Crippen molar-refractivity contribution in [1.82, 2.24) is 4.98 Å². The topological polar surface area (TPSA) is 68.1 Å². The first-order valence-electron chi connectivity index (χ1n) is 9.12. The van der Waals surface area contributed by atoms with Crippen LogP contribution in [0.15, 0.2) is 29.2 Å². The molecule has 0 aliphatic heterocycles. The quantitative estimate of drug-likeness (QED) is 0.849. The van der Waals surface area contributed by atoms with E-state index in [1.807, 2.05) is 12.1 Å². The smallest absolute Gasteiger partial charge is 0.255 e. The van der Waals surface area contributed by atoms with Crippen LogP contribution >= 0.6 is 11.6 Å². The minimum atomic E-state index is -0.129. The summed E-state index contributed by atoms with van der Waals surface area (Å²) in [4.78, 5) is 14.5. The fourth-order valence-corrected chi connectivity index (χ4v) is 4.44. The lowest BCUT2D eigenvalue weighted by Gasteiger charge is -2.39. The molecule has 0 unspecified atom stereocenters. The Kier molecular flexibility index (Phi) is 4.08. The Morgan fingerprint density at radius 1 is 1.28 bits per heavy atom. The van der Waals surface area contributed by atoms with Crippen molar-refractivity contribution in [3.63, 3.8) is 0 Å². The molecule has 134 valence electrons. The lowest BCUT2D eigenvalue weighted by atomic mass is 9.70. The molecular formula is C20H25ClN2O2. The van der Waals surface area contributed by atoms with Gasteiger partial charge in [0.05, 0.1) is 11.1 Å². The van der Waals surface area contributed by atoms with Crippen molar-refractivity contribution >= 4 is 22.4 Å². The SMILES string of the molecule is C[C@]1(CC2(N)CC2)CC[C@@H](Oc2cc3cc[nH]c(=O)c3cc2Cl)CC1. The van der Waals surface area contributed by atoms with Gasteiger partial charge in [-0.25, -0.2) is 0 Å². The first-order chi connectivity index (χ1) is 11.9. The second-order valence-corrected chi connectivity index (χ2v) is 8.75. The summed E-state index contributed by atoms with van der Waals surface area (Å²) < 4.78 is 6.20. The first kappa shape index (κ1) is 16.9. The van der Waals surface area contributed by atoms with E-state index in [9.17, 15) is 4.79 Å². The Morgan fingerprint density at radius 2 is 2.00 bits per heavy atom. The molecule has 2 fully saturated rings. The molecule has 2 aliphatic carbocycles. The molecule has 5 heteroatoms. The van der Waals surface area contributed by atoms with Crippen molar-refractivity contribution in [2.75, 3.05) is 0 Å². The number of aromatic amines is 1. The van der Waals surface area contributed by atoms with Crippen molar-refractivity contribution in [3.8, 4) is 5.75 Å². The molecule has 4 nitrogen and oxygen atoms in total. The van der Waals surface area contributed by atoms with Gasteiger partial charge in [0.15, 0.2) is 0 Å². The minimum absolute atomic E-state index is 0.108. The van der Waals surface area contributed by atoms with Crippen molar-refractivity contribution in [2.45, 2.75) is 63.5 Å². The standard InChI is InChI=1S/C20H25ClN2O2/c1-19(12-20(22)7-8-20)5-2-14(3-6-19)25-17-10-13-4-9-23-18(24)15(13)11-16(17)21/h4,9-11,14H,2-3,5-8,12,22H2,1H3,(H,23,24)/t14-,19+. The predicted octanol–water partition coefficient (Wildman–Crippen LogP) is 4.39. The Morgan fingerprint density at radius 3 is 2.68 bits per heavy atom. The fraction of sp³-hybridized carbons (Fsp3) is 0.550. The van der Waals surface area contributed by atoms with Crippen molar-refractivity contribution < 1.29 is 4.74 Å². The molecule has 0 atom stereocenters. The zero-order valence-corrected chi connectivity index (χ0v) is 15.4. The maximum atomic E-state index is 11.9. The molecule has 0 radical (unpaired) electrons. The van der Waals surface area contributed by atoms with Gasteiger partial charge < -0.3 is 15.5 Å². The highest BCUT2D eigenvalue weighted by Gasteiger charge is 2.45. The molecule has 3 N–H and O–H groups in total. The summed E-state index contributed by atoms with van der Waals surface area (Å²) in [5.74, 6) is 0.672. The Labute approximate surface area is 152 Å². The van der Waals surface area contributed by atoms with Crippen LogP contribution in [0.1, 0.15) is 51.9 Å². The number of pyridine rings is 1. The molecule has 0 saturated heterocycles. The van der Waals surface area contributed by atoms with Gasteiger partial charge in [0, 0.05) is 17.1 Å². The van der Waals surface area contributed by atoms with E-state index in [1.165, 1.54) is 12.8 Å². The number of rotatable bonds is 4. The molecule has 25 heavy (non-hydrogen) atoms. The van der Waals surface area contributed by atoms with Crippen LogP contribution in [0.4, 0.5) is 0 Å². The number of aromatic nitrogens is 1. The maximum Gasteiger partial charge on any atom is 0.255 e. The average molecular weight is 361 g/mol. The van der Waals surface area contributed by atoms with Crippen LogP contribution in [0.2, 0.25) is 5.02 Å². The second kappa shape index (κ2) is 6.03. The van der Waals surface area contributed by atoms with E-state index in [1.54, 1.807) is 12.3 Å². The predicted molar refractivity (Wildman–Crippen MR) is 101 cm³/mol. The summed E-state index contributed by atoms with van der Waals surface area (Å²) in [6, 6.07) is 5.44. The van der Waals surface area contributed by atoms with Gasteiger partial charge in [-0.1, -0.05) is 18.5 Å². The lowest BCUT2D eigenvalue weighted by molar-refractivity contribution is 0.0779. The van der Waals surface area contributed by atoms with Gasteiger partial charge in [-0.3, -0.25) is 4.79 Å². The number of ether oxygens (including phenoxy) is 1. The van der Waals surface area contributed by atoms with E-state index in [4.69, 9.17) is 22.1 Å². The van der Waals surface area contributed by atoms with E-state index >= 15 is 0 Å². The first-order valence-corrected chi connectivity index (χ1v) is 9.50. The van der Waals surface area contributed by atoms with Crippen molar-refractivity contribution in [1.29, 1.82) is 0 Å². The summed E-state index contributed by atoms with van der Waals surface area (Å²) >= 11 is 6.35. The van der Waals surface area contributed by atoms with Gasteiger partial charge in [-0.05, 0) is 73.9 Å². The van der Waals surface area contributed by atoms with E-state index in [0.717, 1.165) is 37.5 Å². The molecule has 2 saturated carbocycles. The molecule has 1 heterocycles. The largest absolute Gasteiger partial charge is 0.489 e. The highest BCUT2D eigenvalue weighted by Crippen LogP contribution is 2.49. The van der Waals surface area contributed by atoms with Crippen LogP contribution < -0.4 is 16.0 Å². The second-order valence-electron chi connectivity index (χ2n) is 8.34. The molecule has 0 spiro atoms. The number of fused-ring (bicyclic) bond motifs is 1. The lowest BCUT2D eigenvalue weighted by Crippen LogP contribution is -2.36. The zero-order chi connectivity index (χ0) is 17.7. The average Bonchev–Trinajstić information content (AvgIpc) is 3.28. The summed E-state index contributed by atoms with van der Waals surface area (Å²) in [7, 11) is 0. The molecule has 4 rings (SSSR count). The monoisotopic (exact) mass is 360 g/mol. The Hall–Kier alpha value is -1.52. The van der Waals surface area contributed by atoms with Crippen LogP contribution in [0.5, 0.6) is 5.75 Å². The molecule has 0 bridgehead atoms. The summed E-state index contributed by atoms with van der Waals surface area (Å²) in [5, 5.41) is 1.94. The Bertz CT molecular complexity index is 848. The van der Waals surface area contributed by atoms with Crippen molar-refractivity contribution in [3.05, 3.63) is 39.8 Å². The molecule has 2 aromatic rings. The third-order valence-corrected chi connectivity index (χ3v) is 6.23. The summed E-state index contributed by atoms with van der Waals surface area (Å²) in [6.07, 6.45) is 9.64. The number of hydrogen-bond acceptors (Lipinski definition) is 3. The van der Waals surface area contributed by atoms with Crippen LogP contribution in [0.25, 0.3) is 10.8 Å². The summed E-state index contributed by atoms with van der Waals surface area (Å²) in [5.41, 5.74) is 6.65. The fourth-order valence-electron chi connectivity index (χ4n) is 4.23. The number of H-pyrrole nitrogens is 1. The van der Waals surface area contributed by atoms with Gasteiger partial charge in [0.1, 0.15) is 5.75 Å². The van der Waals surface area contributed by atoms with E-state index in [2.05, 4.69) is 11.9 Å². The van der Waals surface area contributed by atoms with Crippen LogP contribution in [-0.2, 0) is 0 Å². The number of benzene rings is 1. The zero-order valence-electron chi connectivity index (χ0n) is 14.6. The van der Waals surface area contributed by atoms with Gasteiger partial charge in [-0.15, -0.1) is 0 Å². The third-order valence-electron chi connectivity index (χ3n) is 5.93. The van der Waals surface area contributed by atoms with E-state index in [-0.39, 0.29) is 17.2 Å². The highest BCUT2D eigenvalue weighted by molar-refractivity contribution is 6.32.